The number of hydrogen-bond donors (Lipinski definition) is 1. The summed E-state index contributed by atoms with van der Waals surface area (Å²) in [4.78, 5) is 19.6. The van der Waals surface area contributed by atoms with E-state index in [1.165, 1.54) is 6.07 Å². The minimum Gasteiger partial charge on any atom is -0.388 e. The smallest absolute Gasteiger partial charge is 0.346 e. The van der Waals surface area contributed by atoms with Crippen molar-refractivity contribution >= 4 is 11.4 Å². The third kappa shape index (κ3) is 2.97. The summed E-state index contributed by atoms with van der Waals surface area (Å²) in [6.45, 7) is 1.86. The van der Waals surface area contributed by atoms with E-state index in [2.05, 4.69) is 0 Å². The molecule has 7 heteroatoms. The van der Waals surface area contributed by atoms with Crippen LogP contribution in [0.4, 0.5) is 11.4 Å². The normalized spacial score (nSPS) is 12.1. The molecule has 0 aliphatic carbocycles. The fraction of sp³-hybridized carbons (Fsp3) is 0.400. The Hall–Kier alpha value is -2.02. The lowest BCUT2D eigenvalue weighted by molar-refractivity contribution is -0.422. The first-order chi connectivity index (χ1) is 7.97. The van der Waals surface area contributed by atoms with Crippen LogP contribution in [0.3, 0.4) is 0 Å². The van der Waals surface area contributed by atoms with Crippen molar-refractivity contribution in [3.05, 3.63) is 44.0 Å². The van der Waals surface area contributed by atoms with Crippen molar-refractivity contribution in [1.29, 1.82) is 0 Å². The van der Waals surface area contributed by atoms with E-state index in [-0.39, 0.29) is 0 Å². The number of nitro groups is 2. The summed E-state index contributed by atoms with van der Waals surface area (Å²) >= 11 is 0. The molecule has 1 N–H and O–H groups in total. The summed E-state index contributed by atoms with van der Waals surface area (Å²) in [5.41, 5.74) is -0.839. The molecule has 0 aromatic heterocycles. The van der Waals surface area contributed by atoms with Crippen LogP contribution in [0, 0.1) is 20.2 Å². The van der Waals surface area contributed by atoms with Crippen molar-refractivity contribution in [1.82, 2.24) is 0 Å². The highest BCUT2D eigenvalue weighted by atomic mass is 16.6. The molecule has 1 rings (SSSR count). The first-order valence-corrected chi connectivity index (χ1v) is 5.08. The van der Waals surface area contributed by atoms with Crippen LogP contribution in [0.15, 0.2) is 18.2 Å². The van der Waals surface area contributed by atoms with E-state index in [4.69, 9.17) is 0 Å². The molecule has 0 heterocycles. The number of hydrogen-bond acceptors (Lipinski definition) is 5. The second-order valence-electron chi connectivity index (χ2n) is 3.57. The summed E-state index contributed by atoms with van der Waals surface area (Å²) in [5, 5.41) is 30.9. The zero-order valence-electron chi connectivity index (χ0n) is 9.20. The Bertz CT molecular complexity index is 446. The van der Waals surface area contributed by atoms with Gasteiger partial charge in [-0.2, -0.15) is 0 Å². The Morgan fingerprint density at radius 1 is 1.24 bits per heavy atom. The Kier molecular flexibility index (Phi) is 4.11. The molecule has 0 spiro atoms. The molecular formula is C10H12N2O5. The van der Waals surface area contributed by atoms with E-state index in [9.17, 15) is 25.3 Å². The molecule has 17 heavy (non-hydrogen) atoms. The highest BCUT2D eigenvalue weighted by molar-refractivity contribution is 5.54. The molecule has 0 saturated heterocycles. The Balaban J connectivity index is 3.18. The lowest BCUT2D eigenvalue weighted by atomic mass is 10.0. The van der Waals surface area contributed by atoms with Crippen molar-refractivity contribution in [3.8, 4) is 0 Å². The molecule has 1 aromatic carbocycles. The Labute approximate surface area is 97.0 Å². The highest BCUT2D eigenvalue weighted by Gasteiger charge is 2.25. The minimum atomic E-state index is -0.834. The first kappa shape index (κ1) is 13.0. The number of nitrogens with zero attached hydrogens (tertiary/aromatic N) is 2. The van der Waals surface area contributed by atoms with Crippen molar-refractivity contribution < 1.29 is 15.0 Å². The van der Waals surface area contributed by atoms with Gasteiger partial charge in [-0.1, -0.05) is 13.3 Å². The minimum absolute atomic E-state index is 0.323. The summed E-state index contributed by atoms with van der Waals surface area (Å²) in [6.07, 6.45) is 0.334. The second-order valence-corrected chi connectivity index (χ2v) is 3.57. The molecule has 0 aliphatic rings. The van der Waals surface area contributed by atoms with Gasteiger partial charge in [0.05, 0.1) is 16.0 Å². The Morgan fingerprint density at radius 3 is 2.29 bits per heavy atom. The van der Waals surface area contributed by atoms with Gasteiger partial charge < -0.3 is 5.11 Å². The van der Waals surface area contributed by atoms with Crippen LogP contribution in [-0.2, 0) is 0 Å². The average Bonchev–Trinajstić information content (AvgIpc) is 2.28. The predicted octanol–water partition coefficient (Wildman–Crippen LogP) is 2.34. The van der Waals surface area contributed by atoms with E-state index in [0.717, 1.165) is 12.1 Å². The predicted molar refractivity (Wildman–Crippen MR) is 59.6 cm³/mol. The molecule has 0 radical (unpaired) electrons. The monoisotopic (exact) mass is 240 g/mol. The maximum Gasteiger partial charge on any atom is 0.346 e. The standard InChI is InChI=1S/C10H12N2O5/c1-2-3-10(13)7-4-5-8(11(14)15)9(6-7)12(16)17/h4-6,10,13H,2-3H2,1H3. The quantitative estimate of drug-likeness (QED) is 0.627. The van der Waals surface area contributed by atoms with Gasteiger partial charge in [-0.05, 0) is 18.1 Å². The molecule has 0 aliphatic heterocycles. The zero-order chi connectivity index (χ0) is 13.0. The zero-order valence-corrected chi connectivity index (χ0v) is 9.20. The van der Waals surface area contributed by atoms with Crippen LogP contribution in [0.2, 0.25) is 0 Å². The van der Waals surface area contributed by atoms with Gasteiger partial charge in [0.2, 0.25) is 0 Å². The van der Waals surface area contributed by atoms with Crippen LogP contribution in [0.25, 0.3) is 0 Å². The van der Waals surface area contributed by atoms with Crippen LogP contribution < -0.4 is 0 Å². The van der Waals surface area contributed by atoms with Gasteiger partial charge in [0, 0.05) is 12.1 Å². The largest absolute Gasteiger partial charge is 0.388 e. The molecule has 7 nitrogen and oxygen atoms in total. The van der Waals surface area contributed by atoms with Gasteiger partial charge in [0.15, 0.2) is 0 Å². The Morgan fingerprint density at radius 2 is 1.82 bits per heavy atom. The highest BCUT2D eigenvalue weighted by Crippen LogP contribution is 2.30. The number of benzene rings is 1. The van der Waals surface area contributed by atoms with Crippen molar-refractivity contribution in [2.75, 3.05) is 0 Å². The molecule has 0 bridgehead atoms. The van der Waals surface area contributed by atoms with Crippen LogP contribution in [-0.4, -0.2) is 15.0 Å². The van der Waals surface area contributed by atoms with E-state index in [1.54, 1.807) is 0 Å². The summed E-state index contributed by atoms with van der Waals surface area (Å²) in [7, 11) is 0. The first-order valence-electron chi connectivity index (χ1n) is 5.08. The van der Waals surface area contributed by atoms with Gasteiger partial charge >= 0.3 is 11.4 Å². The molecule has 1 atom stereocenters. The maximum absolute atomic E-state index is 10.7. The summed E-state index contributed by atoms with van der Waals surface area (Å²) in [6, 6.07) is 3.44. The van der Waals surface area contributed by atoms with Gasteiger partial charge in [0.1, 0.15) is 0 Å². The third-order valence-electron chi connectivity index (χ3n) is 2.34. The molecule has 0 fully saturated rings. The van der Waals surface area contributed by atoms with Crippen LogP contribution >= 0.6 is 0 Å². The number of nitro benzene ring substituents is 2. The van der Waals surface area contributed by atoms with Gasteiger partial charge in [-0.3, -0.25) is 20.2 Å². The molecule has 1 aromatic rings. The van der Waals surface area contributed by atoms with Crippen molar-refractivity contribution in [2.45, 2.75) is 25.9 Å². The second kappa shape index (κ2) is 5.35. The van der Waals surface area contributed by atoms with Crippen LogP contribution in [0.1, 0.15) is 31.4 Å². The molecule has 92 valence electrons. The summed E-state index contributed by atoms with van der Waals surface area (Å²) in [5.74, 6) is 0. The third-order valence-corrected chi connectivity index (χ3v) is 2.34. The summed E-state index contributed by atoms with van der Waals surface area (Å²) < 4.78 is 0. The van der Waals surface area contributed by atoms with E-state index in [0.29, 0.717) is 18.4 Å². The van der Waals surface area contributed by atoms with Crippen molar-refractivity contribution in [2.24, 2.45) is 0 Å². The molecule has 0 amide bonds. The van der Waals surface area contributed by atoms with Gasteiger partial charge in [-0.25, -0.2) is 0 Å². The van der Waals surface area contributed by atoms with Crippen LogP contribution in [0.5, 0.6) is 0 Å². The molecule has 0 saturated carbocycles. The fourth-order valence-electron chi connectivity index (χ4n) is 1.49. The van der Waals surface area contributed by atoms with E-state index >= 15 is 0 Å². The number of rotatable bonds is 5. The molecular weight excluding hydrogens is 228 g/mol. The van der Waals surface area contributed by atoms with Gasteiger partial charge in [-0.15, -0.1) is 0 Å². The van der Waals surface area contributed by atoms with E-state index < -0.39 is 27.3 Å². The maximum atomic E-state index is 10.7. The number of aliphatic hydroxyl groups excluding tert-OH is 1. The molecule has 1 unspecified atom stereocenters. The lowest BCUT2D eigenvalue weighted by Crippen LogP contribution is -2.01. The topological polar surface area (TPSA) is 107 Å². The SMILES string of the molecule is CCCC(O)c1ccc([N+](=O)[O-])c([N+](=O)[O-])c1. The fourth-order valence-corrected chi connectivity index (χ4v) is 1.49. The van der Waals surface area contributed by atoms with E-state index in [1.807, 2.05) is 6.92 Å². The average molecular weight is 240 g/mol. The van der Waals surface area contributed by atoms with Gasteiger partial charge in [0.25, 0.3) is 0 Å². The van der Waals surface area contributed by atoms with Crippen molar-refractivity contribution in [3.63, 3.8) is 0 Å². The lowest BCUT2D eigenvalue weighted by Gasteiger charge is -2.08. The number of aliphatic hydroxyl groups is 1.